The normalized spacial score (nSPS) is 11.8. The molecule has 1 N–H and O–H groups in total. The first-order valence-corrected chi connectivity index (χ1v) is 10.5. The van der Waals surface area contributed by atoms with Gasteiger partial charge in [-0.05, 0) is 29.7 Å². The smallest absolute Gasteiger partial charge is 0.249 e. The number of hydrogen-bond donors (Lipinski definition) is 1. The molecule has 0 unspecified atom stereocenters. The summed E-state index contributed by atoms with van der Waals surface area (Å²) in [6, 6.07) is 26.7. The second-order valence-electron chi connectivity index (χ2n) is 7.26. The zero-order valence-electron chi connectivity index (χ0n) is 16.9. The zero-order valence-corrected chi connectivity index (χ0v) is 17.6. The van der Waals surface area contributed by atoms with Crippen LogP contribution in [0.15, 0.2) is 89.5 Å². The third-order valence-electron chi connectivity index (χ3n) is 4.92. The molecule has 31 heavy (non-hydrogen) atoms. The third-order valence-corrected chi connectivity index (χ3v) is 5.16. The van der Waals surface area contributed by atoms with E-state index in [4.69, 9.17) is 16.1 Å². The van der Waals surface area contributed by atoms with Crippen LogP contribution in [0.4, 0.5) is 0 Å². The van der Waals surface area contributed by atoms with Crippen molar-refractivity contribution in [1.82, 2.24) is 15.5 Å². The first-order valence-electron chi connectivity index (χ1n) is 10.1. The maximum atomic E-state index is 12.7. The lowest BCUT2D eigenvalue weighted by Gasteiger charge is -2.15. The summed E-state index contributed by atoms with van der Waals surface area (Å²) in [6.07, 6.45) is 1.60. The summed E-state index contributed by atoms with van der Waals surface area (Å²) < 4.78 is 5.54. The van der Waals surface area contributed by atoms with Crippen LogP contribution in [0.1, 0.15) is 29.5 Å². The predicted octanol–water partition coefficient (Wildman–Crippen LogP) is 5.42. The Kier molecular flexibility index (Phi) is 6.75. The summed E-state index contributed by atoms with van der Waals surface area (Å²) in [5.41, 5.74) is 2.95. The standard InChI is InChI=1S/C25H22ClN3O2/c26-21-13-7-12-20(17-21)24-28-25(31-29-24)22(16-19-10-5-2-6-11-19)27-23(30)15-14-18-8-3-1-4-9-18/h1-13,17,22H,14-16H2,(H,27,30)/t22-/m0/s1. The second-order valence-corrected chi connectivity index (χ2v) is 7.70. The van der Waals surface area contributed by atoms with Gasteiger partial charge < -0.3 is 9.84 Å². The monoisotopic (exact) mass is 431 g/mol. The molecular weight excluding hydrogens is 410 g/mol. The summed E-state index contributed by atoms with van der Waals surface area (Å²) in [5, 5.41) is 7.76. The summed E-state index contributed by atoms with van der Waals surface area (Å²) in [6.45, 7) is 0. The predicted molar refractivity (Wildman–Crippen MR) is 121 cm³/mol. The number of carbonyl (C=O) groups is 1. The number of nitrogens with one attached hydrogen (secondary N) is 1. The van der Waals surface area contributed by atoms with Crippen LogP contribution in [0, 0.1) is 0 Å². The Bertz CT molecular complexity index is 1130. The number of carbonyl (C=O) groups excluding carboxylic acids is 1. The highest BCUT2D eigenvalue weighted by Gasteiger charge is 2.22. The molecule has 6 heteroatoms. The van der Waals surface area contributed by atoms with Crippen LogP contribution in [0.3, 0.4) is 0 Å². The average Bonchev–Trinajstić information content (AvgIpc) is 3.29. The molecule has 1 atom stereocenters. The number of nitrogens with zero attached hydrogens (tertiary/aromatic N) is 2. The fraction of sp³-hybridized carbons (Fsp3) is 0.160. The average molecular weight is 432 g/mol. The maximum absolute atomic E-state index is 12.7. The van der Waals surface area contributed by atoms with Gasteiger partial charge in [0.2, 0.25) is 17.6 Å². The lowest BCUT2D eigenvalue weighted by Crippen LogP contribution is -2.30. The molecular formula is C25H22ClN3O2. The van der Waals surface area contributed by atoms with Gasteiger partial charge in [0.25, 0.3) is 0 Å². The molecule has 4 aromatic rings. The number of hydrogen-bond acceptors (Lipinski definition) is 4. The van der Waals surface area contributed by atoms with Gasteiger partial charge in [-0.25, -0.2) is 0 Å². The van der Waals surface area contributed by atoms with E-state index in [1.807, 2.05) is 72.8 Å². The van der Waals surface area contributed by atoms with E-state index in [0.29, 0.717) is 36.0 Å². The molecule has 0 aliphatic heterocycles. The van der Waals surface area contributed by atoms with Gasteiger partial charge in [0.15, 0.2) is 0 Å². The number of benzene rings is 3. The van der Waals surface area contributed by atoms with Crippen LogP contribution < -0.4 is 5.32 Å². The third kappa shape index (κ3) is 5.80. The minimum atomic E-state index is -0.425. The van der Waals surface area contributed by atoms with Crippen LogP contribution in [-0.2, 0) is 17.6 Å². The molecule has 156 valence electrons. The topological polar surface area (TPSA) is 68.0 Å². The van der Waals surface area contributed by atoms with Crippen molar-refractivity contribution in [1.29, 1.82) is 0 Å². The fourth-order valence-corrected chi connectivity index (χ4v) is 3.53. The van der Waals surface area contributed by atoms with Crippen molar-refractivity contribution in [3.8, 4) is 11.4 Å². The molecule has 1 amide bonds. The Morgan fingerprint density at radius 3 is 2.35 bits per heavy atom. The van der Waals surface area contributed by atoms with Crippen molar-refractivity contribution < 1.29 is 9.32 Å². The quantitative estimate of drug-likeness (QED) is 0.404. The van der Waals surface area contributed by atoms with Crippen LogP contribution in [0.25, 0.3) is 11.4 Å². The molecule has 3 aromatic carbocycles. The number of aryl methyl sites for hydroxylation is 1. The highest BCUT2D eigenvalue weighted by Crippen LogP contribution is 2.23. The Hall–Kier alpha value is -3.44. The van der Waals surface area contributed by atoms with E-state index in [9.17, 15) is 4.79 Å². The minimum Gasteiger partial charge on any atom is -0.344 e. The minimum absolute atomic E-state index is 0.0627. The Labute approximate surface area is 186 Å². The SMILES string of the molecule is O=C(CCc1ccccc1)N[C@@H](Cc1ccccc1)c1nc(-c2cccc(Cl)c2)no1. The number of rotatable bonds is 8. The summed E-state index contributed by atoms with van der Waals surface area (Å²) in [5.74, 6) is 0.744. The van der Waals surface area contributed by atoms with E-state index in [-0.39, 0.29) is 5.91 Å². The Balaban J connectivity index is 1.51. The van der Waals surface area contributed by atoms with Gasteiger partial charge in [-0.3, -0.25) is 4.79 Å². The molecule has 1 aromatic heterocycles. The molecule has 0 saturated heterocycles. The van der Waals surface area contributed by atoms with Gasteiger partial charge >= 0.3 is 0 Å². The van der Waals surface area contributed by atoms with E-state index < -0.39 is 6.04 Å². The van der Waals surface area contributed by atoms with E-state index in [2.05, 4.69) is 15.5 Å². The molecule has 0 aliphatic rings. The number of halogens is 1. The molecule has 0 spiro atoms. The van der Waals surface area contributed by atoms with Gasteiger partial charge in [0.05, 0.1) is 0 Å². The number of aromatic nitrogens is 2. The van der Waals surface area contributed by atoms with Crippen molar-refractivity contribution in [3.05, 3.63) is 107 Å². The van der Waals surface area contributed by atoms with Gasteiger partial charge in [-0.15, -0.1) is 0 Å². The van der Waals surface area contributed by atoms with Crippen LogP contribution >= 0.6 is 11.6 Å². The lowest BCUT2D eigenvalue weighted by molar-refractivity contribution is -0.122. The molecule has 0 radical (unpaired) electrons. The largest absolute Gasteiger partial charge is 0.344 e. The van der Waals surface area contributed by atoms with Crippen LogP contribution in [-0.4, -0.2) is 16.0 Å². The van der Waals surface area contributed by atoms with E-state index in [1.54, 1.807) is 12.1 Å². The van der Waals surface area contributed by atoms with Crippen LogP contribution in [0.5, 0.6) is 0 Å². The molecule has 0 saturated carbocycles. The van der Waals surface area contributed by atoms with E-state index >= 15 is 0 Å². The highest BCUT2D eigenvalue weighted by molar-refractivity contribution is 6.30. The van der Waals surface area contributed by atoms with Gasteiger partial charge in [0, 0.05) is 23.4 Å². The van der Waals surface area contributed by atoms with E-state index in [0.717, 1.165) is 16.7 Å². The lowest BCUT2D eigenvalue weighted by atomic mass is 10.0. The van der Waals surface area contributed by atoms with Crippen molar-refractivity contribution >= 4 is 17.5 Å². The van der Waals surface area contributed by atoms with Crippen molar-refractivity contribution in [2.75, 3.05) is 0 Å². The van der Waals surface area contributed by atoms with E-state index in [1.165, 1.54) is 0 Å². The summed E-state index contributed by atoms with van der Waals surface area (Å²) >= 11 is 6.08. The maximum Gasteiger partial charge on any atom is 0.249 e. The van der Waals surface area contributed by atoms with Crippen molar-refractivity contribution in [2.24, 2.45) is 0 Å². The first-order chi connectivity index (χ1) is 15.2. The van der Waals surface area contributed by atoms with Crippen molar-refractivity contribution in [2.45, 2.75) is 25.3 Å². The first kappa shape index (κ1) is 20.8. The molecule has 4 rings (SSSR count). The highest BCUT2D eigenvalue weighted by atomic mass is 35.5. The molecule has 5 nitrogen and oxygen atoms in total. The fourth-order valence-electron chi connectivity index (χ4n) is 3.34. The van der Waals surface area contributed by atoms with Crippen LogP contribution in [0.2, 0.25) is 5.02 Å². The van der Waals surface area contributed by atoms with Gasteiger partial charge in [-0.1, -0.05) is 89.6 Å². The van der Waals surface area contributed by atoms with Crippen molar-refractivity contribution in [3.63, 3.8) is 0 Å². The number of amides is 1. The summed E-state index contributed by atoms with van der Waals surface area (Å²) in [7, 11) is 0. The molecule has 0 fully saturated rings. The Morgan fingerprint density at radius 1 is 0.935 bits per heavy atom. The molecule has 1 heterocycles. The second kappa shape index (κ2) is 10.0. The zero-order chi connectivity index (χ0) is 21.5. The Morgan fingerprint density at radius 2 is 1.65 bits per heavy atom. The molecule has 0 aliphatic carbocycles. The van der Waals surface area contributed by atoms with Gasteiger partial charge in [-0.2, -0.15) is 4.98 Å². The van der Waals surface area contributed by atoms with Gasteiger partial charge in [0.1, 0.15) is 6.04 Å². The molecule has 0 bridgehead atoms. The summed E-state index contributed by atoms with van der Waals surface area (Å²) in [4.78, 5) is 17.2.